The van der Waals surface area contributed by atoms with Gasteiger partial charge in [-0.3, -0.25) is 9.52 Å². The Kier molecular flexibility index (Phi) is 5.79. The van der Waals surface area contributed by atoms with Gasteiger partial charge in [0, 0.05) is 24.3 Å². The molecule has 0 saturated carbocycles. The number of hydrogen-bond donors (Lipinski definition) is 1. The van der Waals surface area contributed by atoms with Crippen LogP contribution in [0.4, 0.5) is 5.69 Å². The van der Waals surface area contributed by atoms with Gasteiger partial charge in [-0.05, 0) is 54.4 Å². The molecule has 5 rings (SSSR count). The summed E-state index contributed by atoms with van der Waals surface area (Å²) in [5.41, 5.74) is 2.02. The average molecular weight is 481 g/mol. The summed E-state index contributed by atoms with van der Waals surface area (Å²) < 4.78 is 45.0. The van der Waals surface area contributed by atoms with Crippen LogP contribution in [0.1, 0.15) is 24.5 Å². The summed E-state index contributed by atoms with van der Waals surface area (Å²) in [6.07, 6.45) is -0.111. The Morgan fingerprint density at radius 3 is 2.53 bits per heavy atom. The molecule has 8 nitrogen and oxygen atoms in total. The van der Waals surface area contributed by atoms with E-state index in [2.05, 4.69) is 4.72 Å². The van der Waals surface area contributed by atoms with Gasteiger partial charge in [-0.25, -0.2) is 8.42 Å². The predicted octanol–water partition coefficient (Wildman–Crippen LogP) is 3.92. The quantitative estimate of drug-likeness (QED) is 0.575. The number of sulfonamides is 1. The Bertz CT molecular complexity index is 1330. The van der Waals surface area contributed by atoms with Gasteiger partial charge < -0.3 is 19.1 Å². The zero-order chi connectivity index (χ0) is 23.7. The number of anilines is 1. The molecule has 1 atom stereocenters. The lowest BCUT2D eigenvalue weighted by Crippen LogP contribution is -2.38. The monoisotopic (exact) mass is 480 g/mol. The Labute approximate surface area is 198 Å². The molecule has 0 aliphatic carbocycles. The van der Waals surface area contributed by atoms with Crippen LogP contribution in [0.5, 0.6) is 17.2 Å². The largest absolute Gasteiger partial charge is 0.480 e. The summed E-state index contributed by atoms with van der Waals surface area (Å²) in [6, 6.07) is 18.8. The van der Waals surface area contributed by atoms with Crippen molar-refractivity contribution in [3.63, 3.8) is 0 Å². The van der Waals surface area contributed by atoms with Gasteiger partial charge >= 0.3 is 0 Å². The van der Waals surface area contributed by atoms with Crippen LogP contribution < -0.4 is 18.9 Å². The summed E-state index contributed by atoms with van der Waals surface area (Å²) in [4.78, 5) is 15.1. The van der Waals surface area contributed by atoms with Crippen molar-refractivity contribution in [2.24, 2.45) is 0 Å². The van der Waals surface area contributed by atoms with Crippen molar-refractivity contribution in [1.82, 2.24) is 4.90 Å². The molecule has 176 valence electrons. The van der Waals surface area contributed by atoms with Gasteiger partial charge in [0.25, 0.3) is 15.9 Å². The number of benzene rings is 3. The van der Waals surface area contributed by atoms with E-state index in [-0.39, 0.29) is 24.1 Å². The normalized spacial score (nSPS) is 17.0. The number of hydrogen-bond acceptors (Lipinski definition) is 6. The maximum absolute atomic E-state index is 13.2. The molecule has 1 N–H and O–H groups in total. The predicted molar refractivity (Wildman–Crippen MR) is 125 cm³/mol. The molecule has 2 aliphatic heterocycles. The Morgan fingerprint density at radius 1 is 0.971 bits per heavy atom. The van der Waals surface area contributed by atoms with Crippen molar-refractivity contribution >= 4 is 21.6 Å². The van der Waals surface area contributed by atoms with Crippen LogP contribution in [0, 0.1) is 0 Å². The highest BCUT2D eigenvalue weighted by Gasteiger charge is 2.30. The van der Waals surface area contributed by atoms with Crippen LogP contribution in [0.3, 0.4) is 0 Å². The number of rotatable bonds is 6. The second kappa shape index (κ2) is 8.90. The molecule has 3 aromatic rings. The summed E-state index contributed by atoms with van der Waals surface area (Å²) in [5, 5.41) is 0. The van der Waals surface area contributed by atoms with Gasteiger partial charge in [-0.1, -0.05) is 31.2 Å². The van der Waals surface area contributed by atoms with E-state index in [4.69, 9.17) is 14.2 Å². The highest BCUT2D eigenvalue weighted by atomic mass is 32.2. The standard InChI is InChI=1S/C25H24N2O6S/c1-2-21-25(28)27(14-17-8-10-23-24(12-17)32-16-31-23)15-18-13-19(9-11-22(18)33-21)26-34(29,30)20-6-4-3-5-7-20/h3-13,21,26H,2,14-16H2,1H3. The van der Waals surface area contributed by atoms with Crippen LogP contribution in [-0.4, -0.2) is 32.1 Å². The maximum atomic E-state index is 13.2. The third kappa shape index (κ3) is 4.38. The third-order valence-electron chi connectivity index (χ3n) is 5.76. The first-order valence-corrected chi connectivity index (χ1v) is 12.5. The van der Waals surface area contributed by atoms with E-state index in [0.717, 1.165) is 11.1 Å². The smallest absolute Gasteiger partial charge is 0.264 e. The van der Waals surface area contributed by atoms with Crippen molar-refractivity contribution in [3.8, 4) is 17.2 Å². The second-order valence-corrected chi connectivity index (χ2v) is 9.82. The van der Waals surface area contributed by atoms with E-state index in [1.54, 1.807) is 41.3 Å². The molecule has 0 aromatic heterocycles. The lowest BCUT2D eigenvalue weighted by atomic mass is 10.1. The zero-order valence-corrected chi connectivity index (χ0v) is 19.4. The lowest BCUT2D eigenvalue weighted by molar-refractivity contribution is -0.139. The van der Waals surface area contributed by atoms with Crippen molar-refractivity contribution < 1.29 is 27.4 Å². The van der Waals surface area contributed by atoms with Crippen molar-refractivity contribution in [3.05, 3.63) is 77.9 Å². The summed E-state index contributed by atoms with van der Waals surface area (Å²) in [6.45, 7) is 2.71. The summed E-state index contributed by atoms with van der Waals surface area (Å²) in [7, 11) is -3.74. The minimum atomic E-state index is -3.74. The van der Waals surface area contributed by atoms with Crippen LogP contribution in [0.25, 0.3) is 0 Å². The molecule has 34 heavy (non-hydrogen) atoms. The molecule has 3 aromatic carbocycles. The number of nitrogens with one attached hydrogen (secondary N) is 1. The topological polar surface area (TPSA) is 94.2 Å². The van der Waals surface area contributed by atoms with Gasteiger partial charge in [-0.2, -0.15) is 0 Å². The summed E-state index contributed by atoms with van der Waals surface area (Å²) in [5.74, 6) is 1.78. The minimum Gasteiger partial charge on any atom is -0.480 e. The van der Waals surface area contributed by atoms with Crippen LogP contribution in [-0.2, 0) is 27.9 Å². The van der Waals surface area contributed by atoms with Gasteiger partial charge in [0.1, 0.15) is 5.75 Å². The van der Waals surface area contributed by atoms with E-state index < -0.39 is 16.1 Å². The highest BCUT2D eigenvalue weighted by Crippen LogP contribution is 2.34. The van der Waals surface area contributed by atoms with E-state index in [1.807, 2.05) is 25.1 Å². The molecule has 2 heterocycles. The zero-order valence-electron chi connectivity index (χ0n) is 18.6. The molecule has 0 radical (unpaired) electrons. The fourth-order valence-corrected chi connectivity index (χ4v) is 5.11. The van der Waals surface area contributed by atoms with Crippen LogP contribution >= 0.6 is 0 Å². The van der Waals surface area contributed by atoms with Crippen molar-refractivity contribution in [2.45, 2.75) is 37.4 Å². The van der Waals surface area contributed by atoms with E-state index >= 15 is 0 Å². The minimum absolute atomic E-state index is 0.122. The summed E-state index contributed by atoms with van der Waals surface area (Å²) >= 11 is 0. The maximum Gasteiger partial charge on any atom is 0.264 e. The van der Waals surface area contributed by atoms with Gasteiger partial charge in [-0.15, -0.1) is 0 Å². The first-order chi connectivity index (χ1) is 16.4. The molecule has 0 saturated heterocycles. The fraction of sp³-hybridized carbons (Fsp3) is 0.240. The molecule has 1 amide bonds. The Balaban J connectivity index is 1.42. The molecular weight excluding hydrogens is 456 g/mol. The van der Waals surface area contributed by atoms with Crippen LogP contribution in [0.2, 0.25) is 0 Å². The molecule has 0 spiro atoms. The van der Waals surface area contributed by atoms with Crippen molar-refractivity contribution in [1.29, 1.82) is 0 Å². The number of carbonyl (C=O) groups is 1. The molecule has 9 heteroatoms. The number of nitrogens with zero attached hydrogens (tertiary/aromatic N) is 1. The first kappa shape index (κ1) is 22.1. The SMILES string of the molecule is CCC1Oc2ccc(NS(=O)(=O)c3ccccc3)cc2CN(Cc2ccc3c(c2)OCO3)C1=O. The molecule has 0 bridgehead atoms. The van der Waals surface area contributed by atoms with E-state index in [9.17, 15) is 13.2 Å². The molecular formula is C25H24N2O6S. The third-order valence-corrected chi connectivity index (χ3v) is 7.16. The second-order valence-electron chi connectivity index (χ2n) is 8.14. The molecule has 0 fully saturated rings. The number of carbonyl (C=O) groups excluding carboxylic acids is 1. The number of amides is 1. The van der Waals surface area contributed by atoms with Gasteiger partial charge in [0.05, 0.1) is 4.90 Å². The molecule has 2 aliphatic rings. The number of ether oxygens (including phenoxy) is 3. The lowest BCUT2D eigenvalue weighted by Gasteiger charge is -2.23. The van der Waals surface area contributed by atoms with Crippen molar-refractivity contribution in [2.75, 3.05) is 11.5 Å². The first-order valence-electron chi connectivity index (χ1n) is 11.0. The highest BCUT2D eigenvalue weighted by molar-refractivity contribution is 7.92. The Hall–Kier alpha value is -3.72. The average Bonchev–Trinajstić information content (AvgIpc) is 3.26. The van der Waals surface area contributed by atoms with Gasteiger partial charge in [0.2, 0.25) is 6.79 Å². The Morgan fingerprint density at radius 2 is 1.74 bits per heavy atom. The van der Waals surface area contributed by atoms with Crippen LogP contribution in [0.15, 0.2) is 71.6 Å². The van der Waals surface area contributed by atoms with E-state index in [0.29, 0.717) is 35.9 Å². The van der Waals surface area contributed by atoms with Gasteiger partial charge in [0.15, 0.2) is 17.6 Å². The fourth-order valence-electron chi connectivity index (χ4n) is 4.04. The van der Waals surface area contributed by atoms with E-state index in [1.165, 1.54) is 12.1 Å². The number of fused-ring (bicyclic) bond motifs is 2. The molecule has 1 unspecified atom stereocenters.